The summed E-state index contributed by atoms with van der Waals surface area (Å²) in [5.74, 6) is 4.14. The summed E-state index contributed by atoms with van der Waals surface area (Å²) in [4.78, 5) is 12.7. The Morgan fingerprint density at radius 1 is 0.914 bits per heavy atom. The van der Waals surface area contributed by atoms with Crippen molar-refractivity contribution < 1.29 is 40.3 Å². The zero-order chi connectivity index (χ0) is 26.7. The van der Waals surface area contributed by atoms with Crippen LogP contribution in [-0.2, 0) is 21.5 Å². The van der Waals surface area contributed by atoms with Crippen molar-refractivity contribution in [3.63, 3.8) is 0 Å². The van der Waals surface area contributed by atoms with Gasteiger partial charge in [0.05, 0.1) is 23.3 Å². The first-order valence-electron chi connectivity index (χ1n) is 10.6. The maximum absolute atomic E-state index is 13.2. The molecule has 2 aromatic carbocycles. The molecule has 0 radical (unpaired) electrons. The molecule has 0 amide bonds. The van der Waals surface area contributed by atoms with Gasteiger partial charge >= 0.3 is 18.3 Å². The Labute approximate surface area is 201 Å². The molecule has 1 atom stereocenters. The van der Waals surface area contributed by atoms with E-state index in [1.807, 2.05) is 33.9 Å². The van der Waals surface area contributed by atoms with E-state index in [2.05, 4.69) is 11.8 Å². The van der Waals surface area contributed by atoms with Crippen LogP contribution in [0.3, 0.4) is 0 Å². The van der Waals surface area contributed by atoms with Gasteiger partial charge in [0.15, 0.2) is 14.4 Å². The van der Waals surface area contributed by atoms with Crippen LogP contribution in [0.2, 0.25) is 18.1 Å². The van der Waals surface area contributed by atoms with Gasteiger partial charge in [-0.1, -0.05) is 50.8 Å². The maximum atomic E-state index is 13.2. The van der Waals surface area contributed by atoms with Crippen LogP contribution in [0.5, 0.6) is 0 Å². The molecule has 0 aliphatic heterocycles. The Kier molecular flexibility index (Phi) is 8.51. The zero-order valence-electron chi connectivity index (χ0n) is 19.9. The number of hydrogen-bond acceptors (Lipinski definition) is 3. The van der Waals surface area contributed by atoms with Crippen LogP contribution in [0.25, 0.3) is 0 Å². The minimum atomic E-state index is -5.09. The second kappa shape index (κ2) is 10.5. The van der Waals surface area contributed by atoms with Crippen LogP contribution in [0, 0.1) is 11.8 Å². The van der Waals surface area contributed by atoms with E-state index in [-0.39, 0.29) is 17.7 Å². The molecule has 2 aromatic rings. The van der Waals surface area contributed by atoms with Gasteiger partial charge in [-0.05, 0) is 48.5 Å². The largest absolute Gasteiger partial charge is 0.443 e. The molecular formula is C25H26F6O3Si. The zero-order valence-corrected chi connectivity index (χ0v) is 20.9. The molecule has 0 N–H and O–H groups in total. The van der Waals surface area contributed by atoms with E-state index < -0.39 is 49.4 Å². The predicted molar refractivity (Wildman–Crippen MR) is 122 cm³/mol. The van der Waals surface area contributed by atoms with Gasteiger partial charge in [-0.3, -0.25) is 0 Å². The third-order valence-electron chi connectivity index (χ3n) is 5.63. The predicted octanol–water partition coefficient (Wildman–Crippen LogP) is 7.32. The molecule has 3 nitrogen and oxygen atoms in total. The number of esters is 1. The van der Waals surface area contributed by atoms with Gasteiger partial charge in [-0.25, -0.2) is 4.79 Å². The highest BCUT2D eigenvalue weighted by atomic mass is 28.4. The Morgan fingerprint density at radius 2 is 1.43 bits per heavy atom. The number of alkyl halides is 6. The summed E-state index contributed by atoms with van der Waals surface area (Å²) >= 11 is 0. The lowest BCUT2D eigenvalue weighted by Gasteiger charge is -2.36. The normalized spacial score (nSPS) is 13.6. The number of rotatable bonds is 5. The summed E-state index contributed by atoms with van der Waals surface area (Å²) in [5, 5.41) is -0.197. The summed E-state index contributed by atoms with van der Waals surface area (Å²) in [5.41, 5.74) is -3.52. The molecule has 1 unspecified atom stereocenters. The van der Waals surface area contributed by atoms with E-state index in [9.17, 15) is 31.1 Å². The number of halogens is 6. The minimum Gasteiger partial charge on any atom is -0.443 e. The third kappa shape index (κ3) is 8.15. The Morgan fingerprint density at radius 3 is 1.89 bits per heavy atom. The summed E-state index contributed by atoms with van der Waals surface area (Å²) < 4.78 is 90.3. The van der Waals surface area contributed by atoms with E-state index in [1.54, 1.807) is 30.3 Å². The molecule has 0 saturated carbocycles. The molecule has 2 rings (SSSR count). The quantitative estimate of drug-likeness (QED) is 0.181. The molecule has 190 valence electrons. The highest BCUT2D eigenvalue weighted by Gasteiger charge is 2.39. The molecule has 0 bridgehead atoms. The lowest BCUT2D eigenvalue weighted by Crippen LogP contribution is -2.43. The first kappa shape index (κ1) is 28.5. The second-order valence-corrected chi connectivity index (χ2v) is 14.2. The van der Waals surface area contributed by atoms with E-state index in [0.717, 1.165) is 0 Å². The molecule has 0 spiro atoms. The van der Waals surface area contributed by atoms with Gasteiger partial charge in [0.1, 0.15) is 0 Å². The van der Waals surface area contributed by atoms with Crippen LogP contribution in [0.15, 0.2) is 48.5 Å². The molecule has 0 fully saturated rings. The third-order valence-corrected chi connectivity index (χ3v) is 10.1. The first-order chi connectivity index (χ1) is 15.9. The molecule has 0 aliphatic rings. The summed E-state index contributed by atoms with van der Waals surface area (Å²) in [6.45, 7) is 9.65. The van der Waals surface area contributed by atoms with Gasteiger partial charge in [-0.15, -0.1) is 0 Å². The van der Waals surface area contributed by atoms with Crippen molar-refractivity contribution in [3.8, 4) is 11.8 Å². The fourth-order valence-electron chi connectivity index (χ4n) is 2.56. The van der Waals surface area contributed by atoms with Gasteiger partial charge in [0, 0.05) is 5.56 Å². The summed E-state index contributed by atoms with van der Waals surface area (Å²) in [6.07, 6.45) is -11.4. The highest BCUT2D eigenvalue weighted by molar-refractivity contribution is 6.74. The highest BCUT2D eigenvalue weighted by Crippen LogP contribution is 2.38. The molecule has 35 heavy (non-hydrogen) atoms. The van der Waals surface area contributed by atoms with Crippen LogP contribution in [0.4, 0.5) is 26.3 Å². The van der Waals surface area contributed by atoms with Crippen molar-refractivity contribution >= 4 is 14.3 Å². The second-order valence-electron chi connectivity index (χ2n) is 9.40. The lowest BCUT2D eigenvalue weighted by atomic mass is 10.0. The number of hydrogen-bond donors (Lipinski definition) is 0. The van der Waals surface area contributed by atoms with Gasteiger partial charge in [-0.2, -0.15) is 26.3 Å². The molecule has 0 saturated heterocycles. The molecule has 0 heterocycles. The van der Waals surface area contributed by atoms with Crippen molar-refractivity contribution in [3.05, 3.63) is 70.8 Å². The van der Waals surface area contributed by atoms with Crippen molar-refractivity contribution in [2.45, 2.75) is 57.4 Å². The van der Waals surface area contributed by atoms with Crippen LogP contribution in [-0.4, -0.2) is 27.0 Å². The van der Waals surface area contributed by atoms with E-state index in [1.165, 1.54) is 0 Å². The van der Waals surface area contributed by atoms with E-state index in [4.69, 9.17) is 9.16 Å². The fraction of sp³-hybridized carbons (Fsp3) is 0.400. The van der Waals surface area contributed by atoms with Gasteiger partial charge in [0.25, 0.3) is 0 Å². The SMILES string of the molecule is CC(C)(C)[Si](C)(C)OCC(C#Cc1ccccc1)OC(=O)c1cc(C(F)(F)F)cc(C(F)(F)F)c1. The number of benzene rings is 2. The smallest absolute Gasteiger partial charge is 0.416 e. The average Bonchev–Trinajstić information content (AvgIpc) is 2.74. The monoisotopic (exact) mass is 516 g/mol. The molecular weight excluding hydrogens is 490 g/mol. The van der Waals surface area contributed by atoms with Gasteiger partial charge < -0.3 is 9.16 Å². The van der Waals surface area contributed by atoms with Crippen LogP contribution < -0.4 is 0 Å². The minimum absolute atomic E-state index is 0.0516. The molecule has 0 aliphatic carbocycles. The lowest BCUT2D eigenvalue weighted by molar-refractivity contribution is -0.143. The Hall–Kier alpha value is -2.77. The van der Waals surface area contributed by atoms with Crippen molar-refractivity contribution in [1.29, 1.82) is 0 Å². The van der Waals surface area contributed by atoms with Crippen molar-refractivity contribution in [2.75, 3.05) is 6.61 Å². The molecule has 0 aromatic heterocycles. The van der Waals surface area contributed by atoms with Crippen molar-refractivity contribution in [2.24, 2.45) is 0 Å². The van der Waals surface area contributed by atoms with Crippen molar-refractivity contribution in [1.82, 2.24) is 0 Å². The van der Waals surface area contributed by atoms with Crippen LogP contribution >= 0.6 is 0 Å². The Balaban J connectivity index is 2.40. The van der Waals surface area contributed by atoms with E-state index in [0.29, 0.717) is 17.7 Å². The van der Waals surface area contributed by atoms with Gasteiger partial charge in [0.2, 0.25) is 0 Å². The van der Waals surface area contributed by atoms with Crippen LogP contribution in [0.1, 0.15) is 47.8 Å². The Bertz CT molecular complexity index is 1060. The summed E-state index contributed by atoms with van der Waals surface area (Å²) in [7, 11) is -2.33. The fourth-order valence-corrected chi connectivity index (χ4v) is 3.56. The van der Waals surface area contributed by atoms with E-state index >= 15 is 0 Å². The topological polar surface area (TPSA) is 35.5 Å². The number of carbonyl (C=O) groups excluding carboxylic acids is 1. The first-order valence-corrected chi connectivity index (χ1v) is 13.5. The molecule has 10 heteroatoms. The number of carbonyl (C=O) groups is 1. The average molecular weight is 517 g/mol. The number of ether oxygens (including phenoxy) is 1. The standard InChI is InChI=1S/C25H26F6O3Si/c1-23(2,3)35(4,5)33-16-21(12-11-17-9-7-6-8-10-17)34-22(32)18-13-19(24(26,27)28)15-20(14-18)25(29,30)31/h6-10,13-15,21H,16H2,1-5H3. The maximum Gasteiger partial charge on any atom is 0.416 e. The summed E-state index contributed by atoms with van der Waals surface area (Å²) in [6, 6.07) is 9.24.